The smallest absolute Gasteiger partial charge is 0.192 e. The summed E-state index contributed by atoms with van der Waals surface area (Å²) >= 11 is 0. The van der Waals surface area contributed by atoms with Crippen molar-refractivity contribution in [2.75, 3.05) is 0 Å². The molecule has 0 saturated carbocycles. The first-order chi connectivity index (χ1) is 5.11. The number of aliphatic hydroxyl groups is 1. The molecule has 11 heavy (non-hydrogen) atoms. The lowest BCUT2D eigenvalue weighted by Crippen LogP contribution is -2.17. The topological polar surface area (TPSA) is 32.3 Å². The van der Waals surface area contributed by atoms with E-state index in [0.29, 0.717) is 5.92 Å². The highest BCUT2D eigenvalue weighted by atomic mass is 16.3. The summed E-state index contributed by atoms with van der Waals surface area (Å²) in [7, 11) is 0. The van der Waals surface area contributed by atoms with Crippen molar-refractivity contribution in [2.24, 2.45) is 5.92 Å². The van der Waals surface area contributed by atoms with Gasteiger partial charge >= 0.3 is 0 Å². The number of nitrogens with one attached hydrogen (secondary N) is 1. The van der Waals surface area contributed by atoms with Gasteiger partial charge in [0.2, 0.25) is 0 Å². The Hall–Kier alpha value is -1.18. The normalized spacial score (nSPS) is 17.5. The third-order valence-corrected chi connectivity index (χ3v) is 1.64. The monoisotopic (exact) mass is 151 g/mol. The lowest BCUT2D eigenvalue weighted by Gasteiger charge is -2.16. The van der Waals surface area contributed by atoms with Gasteiger partial charge in [0.15, 0.2) is 5.88 Å². The van der Waals surface area contributed by atoms with E-state index in [1.807, 2.05) is 26.0 Å². The maximum atomic E-state index is 9.37. The van der Waals surface area contributed by atoms with Gasteiger partial charge in [-0.3, -0.25) is 0 Å². The fourth-order valence-electron chi connectivity index (χ4n) is 1.00. The summed E-state index contributed by atoms with van der Waals surface area (Å²) in [4.78, 5) is 0. The molecule has 1 heterocycles. The van der Waals surface area contributed by atoms with Gasteiger partial charge in [-0.15, -0.1) is 0 Å². The van der Waals surface area contributed by atoms with Crippen LogP contribution in [0.15, 0.2) is 35.9 Å². The van der Waals surface area contributed by atoms with E-state index < -0.39 is 0 Å². The molecule has 0 radical (unpaired) electrons. The Morgan fingerprint density at radius 3 is 2.55 bits per heavy atom. The van der Waals surface area contributed by atoms with Crippen molar-refractivity contribution in [3.05, 3.63) is 35.9 Å². The molecule has 2 N–H and O–H groups in total. The highest BCUT2D eigenvalue weighted by molar-refractivity contribution is 5.35. The van der Waals surface area contributed by atoms with Gasteiger partial charge in [0.25, 0.3) is 0 Å². The number of allylic oxidation sites excluding steroid dienone is 3. The summed E-state index contributed by atoms with van der Waals surface area (Å²) in [5.74, 6) is 0.569. The van der Waals surface area contributed by atoms with Crippen LogP contribution in [0.25, 0.3) is 0 Å². The van der Waals surface area contributed by atoms with Gasteiger partial charge in [0, 0.05) is 11.3 Å². The van der Waals surface area contributed by atoms with E-state index in [1.54, 1.807) is 0 Å². The van der Waals surface area contributed by atoms with Crippen molar-refractivity contribution in [1.29, 1.82) is 0 Å². The summed E-state index contributed by atoms with van der Waals surface area (Å²) in [5.41, 5.74) is 1.66. The van der Waals surface area contributed by atoms with Crippen molar-refractivity contribution in [3.63, 3.8) is 0 Å². The van der Waals surface area contributed by atoms with Crippen molar-refractivity contribution < 1.29 is 5.11 Å². The zero-order chi connectivity index (χ0) is 8.43. The molecule has 0 bridgehead atoms. The molecule has 1 rings (SSSR count). The Morgan fingerprint density at radius 1 is 1.45 bits per heavy atom. The van der Waals surface area contributed by atoms with E-state index in [4.69, 9.17) is 0 Å². The molecular formula is C9H13NO. The molecule has 1 aliphatic heterocycles. The molecule has 0 aromatic rings. The minimum atomic E-state index is 0.229. The third-order valence-electron chi connectivity index (χ3n) is 1.64. The lowest BCUT2D eigenvalue weighted by molar-refractivity contribution is 0.365. The molecule has 0 unspecified atom stereocenters. The second-order valence-electron chi connectivity index (χ2n) is 2.94. The molecule has 0 spiro atoms. The molecule has 0 saturated heterocycles. The maximum absolute atomic E-state index is 9.37. The van der Waals surface area contributed by atoms with Crippen LogP contribution in [0.2, 0.25) is 0 Å². The first-order valence-corrected chi connectivity index (χ1v) is 3.68. The molecule has 1 aliphatic rings. The van der Waals surface area contributed by atoms with Crippen molar-refractivity contribution in [2.45, 2.75) is 13.8 Å². The average molecular weight is 151 g/mol. The van der Waals surface area contributed by atoms with Gasteiger partial charge in [-0.05, 0) is 12.0 Å². The standard InChI is InChI=1S/C9H13NO/c1-6(2)8-5-4-7(3)10-9(8)11/h4-6,10-11H,3H2,1-2H3. The predicted octanol–water partition coefficient (Wildman–Crippen LogP) is 2.09. The van der Waals surface area contributed by atoms with Crippen LogP contribution >= 0.6 is 0 Å². The highest BCUT2D eigenvalue weighted by Crippen LogP contribution is 2.18. The minimum Gasteiger partial charge on any atom is -0.494 e. The molecule has 0 atom stereocenters. The highest BCUT2D eigenvalue weighted by Gasteiger charge is 2.10. The van der Waals surface area contributed by atoms with Crippen LogP contribution in [-0.4, -0.2) is 5.11 Å². The fourth-order valence-corrected chi connectivity index (χ4v) is 1.00. The van der Waals surface area contributed by atoms with Crippen molar-refractivity contribution in [3.8, 4) is 0 Å². The second kappa shape index (κ2) is 2.82. The second-order valence-corrected chi connectivity index (χ2v) is 2.94. The molecule has 0 aromatic carbocycles. The van der Waals surface area contributed by atoms with Crippen LogP contribution in [0.4, 0.5) is 0 Å². The summed E-state index contributed by atoms with van der Waals surface area (Å²) in [5, 5.41) is 12.1. The zero-order valence-electron chi connectivity index (χ0n) is 6.89. The van der Waals surface area contributed by atoms with Gasteiger partial charge in [-0.25, -0.2) is 0 Å². The van der Waals surface area contributed by atoms with E-state index in [0.717, 1.165) is 11.3 Å². The Balaban J connectivity index is 2.88. The molecular weight excluding hydrogens is 138 g/mol. The van der Waals surface area contributed by atoms with E-state index >= 15 is 0 Å². The summed E-state index contributed by atoms with van der Waals surface area (Å²) in [6, 6.07) is 0. The molecule has 0 aromatic heterocycles. The Morgan fingerprint density at radius 2 is 2.09 bits per heavy atom. The van der Waals surface area contributed by atoms with Crippen molar-refractivity contribution in [1.82, 2.24) is 5.32 Å². The Labute approximate surface area is 66.9 Å². The maximum Gasteiger partial charge on any atom is 0.192 e. The predicted molar refractivity (Wildman–Crippen MR) is 45.9 cm³/mol. The van der Waals surface area contributed by atoms with Crippen LogP contribution < -0.4 is 5.32 Å². The van der Waals surface area contributed by atoms with E-state index in [9.17, 15) is 5.11 Å². The summed E-state index contributed by atoms with van der Waals surface area (Å²) in [6.45, 7) is 7.73. The molecule has 0 amide bonds. The first kappa shape index (κ1) is 7.92. The molecule has 0 aliphatic carbocycles. The number of aliphatic hydroxyl groups excluding tert-OH is 1. The van der Waals surface area contributed by atoms with Gasteiger partial charge in [0.05, 0.1) is 0 Å². The summed E-state index contributed by atoms with van der Waals surface area (Å²) in [6.07, 6.45) is 3.74. The molecule has 2 nitrogen and oxygen atoms in total. The van der Waals surface area contributed by atoms with Gasteiger partial charge in [-0.2, -0.15) is 0 Å². The van der Waals surface area contributed by atoms with E-state index in [1.165, 1.54) is 0 Å². The van der Waals surface area contributed by atoms with Crippen LogP contribution in [0.1, 0.15) is 13.8 Å². The molecule has 60 valence electrons. The van der Waals surface area contributed by atoms with Gasteiger partial charge in [-0.1, -0.05) is 26.5 Å². The molecule has 2 heteroatoms. The number of hydrogen-bond acceptors (Lipinski definition) is 2. The zero-order valence-corrected chi connectivity index (χ0v) is 6.89. The average Bonchev–Trinajstić information content (AvgIpc) is 1.85. The largest absolute Gasteiger partial charge is 0.494 e. The number of rotatable bonds is 1. The van der Waals surface area contributed by atoms with Gasteiger partial charge < -0.3 is 10.4 Å². The number of dihydropyridines is 1. The van der Waals surface area contributed by atoms with Crippen LogP contribution in [-0.2, 0) is 0 Å². The van der Waals surface area contributed by atoms with Crippen molar-refractivity contribution >= 4 is 0 Å². The molecule has 0 fully saturated rings. The van der Waals surface area contributed by atoms with Crippen LogP contribution in [0.3, 0.4) is 0 Å². The number of hydrogen-bond donors (Lipinski definition) is 2. The SMILES string of the molecule is C=C1C=CC(C(C)C)=C(O)N1. The lowest BCUT2D eigenvalue weighted by atomic mass is 10.0. The Bertz CT molecular complexity index is 236. The fraction of sp³-hybridized carbons (Fsp3) is 0.333. The third kappa shape index (κ3) is 1.64. The van der Waals surface area contributed by atoms with E-state index in [2.05, 4.69) is 11.9 Å². The first-order valence-electron chi connectivity index (χ1n) is 3.68. The van der Waals surface area contributed by atoms with Gasteiger partial charge in [0.1, 0.15) is 0 Å². The van der Waals surface area contributed by atoms with E-state index in [-0.39, 0.29) is 5.88 Å². The van der Waals surface area contributed by atoms with Crippen LogP contribution in [0, 0.1) is 5.92 Å². The van der Waals surface area contributed by atoms with Crippen LogP contribution in [0.5, 0.6) is 0 Å². The Kier molecular flexibility index (Phi) is 2.03. The quantitative estimate of drug-likeness (QED) is 0.601. The minimum absolute atomic E-state index is 0.229. The summed E-state index contributed by atoms with van der Waals surface area (Å²) < 4.78 is 0.